The minimum atomic E-state index is -0.534. The zero-order chi connectivity index (χ0) is 20.5. The number of hydrogen-bond acceptors (Lipinski definition) is 4. The van der Waals surface area contributed by atoms with Crippen molar-refractivity contribution in [3.8, 4) is 0 Å². The maximum Gasteiger partial charge on any atom is 0.325 e. The molecule has 2 rings (SSSR count). The van der Waals surface area contributed by atoms with E-state index in [-0.39, 0.29) is 31.2 Å². The molecule has 2 amide bonds. The summed E-state index contributed by atoms with van der Waals surface area (Å²) in [7, 11) is 0. The molecule has 0 saturated carbocycles. The fraction of sp³-hybridized carbons (Fsp3) is 0.190. The van der Waals surface area contributed by atoms with Crippen LogP contribution in [0, 0.1) is 0 Å². The molecule has 0 unspecified atom stereocenters. The van der Waals surface area contributed by atoms with Gasteiger partial charge < -0.3 is 15.0 Å². The molecule has 0 aliphatic heterocycles. The molecule has 0 saturated heterocycles. The molecule has 2 aromatic rings. The van der Waals surface area contributed by atoms with Gasteiger partial charge in [0.1, 0.15) is 6.54 Å². The molecule has 28 heavy (non-hydrogen) atoms. The van der Waals surface area contributed by atoms with Crippen molar-refractivity contribution < 1.29 is 19.1 Å². The van der Waals surface area contributed by atoms with E-state index in [1.165, 1.54) is 4.90 Å². The number of para-hydroxylation sites is 1. The normalized spacial score (nSPS) is 10.1. The summed E-state index contributed by atoms with van der Waals surface area (Å²) in [5.74, 6) is -1.32. The van der Waals surface area contributed by atoms with Crippen molar-refractivity contribution in [2.75, 3.05) is 24.6 Å². The van der Waals surface area contributed by atoms with Gasteiger partial charge in [-0.25, -0.2) is 0 Å². The Morgan fingerprint density at radius 1 is 1.14 bits per heavy atom. The first kappa shape index (κ1) is 21.2. The highest BCUT2D eigenvalue weighted by Crippen LogP contribution is 2.23. The maximum atomic E-state index is 13.0. The van der Waals surface area contributed by atoms with Crippen molar-refractivity contribution in [3.05, 3.63) is 77.3 Å². The molecule has 0 aliphatic carbocycles. The Kier molecular flexibility index (Phi) is 7.77. The quantitative estimate of drug-likeness (QED) is 0.543. The number of amides is 2. The van der Waals surface area contributed by atoms with Crippen LogP contribution in [0.3, 0.4) is 0 Å². The number of benzene rings is 2. The molecular formula is C21H21ClN2O4. The second kappa shape index (κ2) is 10.3. The monoisotopic (exact) mass is 400 g/mol. The van der Waals surface area contributed by atoms with Crippen LogP contribution in [0.2, 0.25) is 5.02 Å². The van der Waals surface area contributed by atoms with Crippen molar-refractivity contribution in [1.82, 2.24) is 5.32 Å². The van der Waals surface area contributed by atoms with E-state index in [4.69, 9.17) is 16.3 Å². The number of carbonyl (C=O) groups excluding carboxylic acids is 3. The molecule has 0 atom stereocenters. The minimum Gasteiger partial charge on any atom is -0.465 e. The van der Waals surface area contributed by atoms with E-state index in [0.717, 1.165) is 0 Å². The Labute approximate surface area is 168 Å². The van der Waals surface area contributed by atoms with Crippen LogP contribution in [0.4, 0.5) is 5.69 Å². The van der Waals surface area contributed by atoms with Gasteiger partial charge in [0.2, 0.25) is 0 Å². The highest BCUT2D eigenvalue weighted by Gasteiger charge is 2.22. The number of rotatable bonds is 8. The van der Waals surface area contributed by atoms with Gasteiger partial charge >= 0.3 is 5.97 Å². The largest absolute Gasteiger partial charge is 0.465 e. The summed E-state index contributed by atoms with van der Waals surface area (Å²) >= 11 is 5.89. The predicted octanol–water partition coefficient (Wildman–Crippen LogP) is 3.47. The molecule has 0 aliphatic rings. The molecule has 2 aromatic carbocycles. The van der Waals surface area contributed by atoms with Gasteiger partial charge in [0.15, 0.2) is 0 Å². The molecule has 0 aromatic heterocycles. The van der Waals surface area contributed by atoms with E-state index in [1.807, 2.05) is 0 Å². The van der Waals surface area contributed by atoms with E-state index in [9.17, 15) is 14.4 Å². The number of nitrogens with zero attached hydrogens (tertiary/aromatic N) is 1. The van der Waals surface area contributed by atoms with Crippen LogP contribution >= 0.6 is 11.6 Å². The smallest absolute Gasteiger partial charge is 0.325 e. The van der Waals surface area contributed by atoms with Gasteiger partial charge in [0.05, 0.1) is 17.9 Å². The van der Waals surface area contributed by atoms with Crippen LogP contribution in [0.5, 0.6) is 0 Å². The van der Waals surface area contributed by atoms with Crippen LogP contribution in [0.15, 0.2) is 61.2 Å². The Hall–Kier alpha value is -3.12. The van der Waals surface area contributed by atoms with Gasteiger partial charge in [0, 0.05) is 17.1 Å². The highest BCUT2D eigenvalue weighted by atomic mass is 35.5. The van der Waals surface area contributed by atoms with Crippen molar-refractivity contribution >= 4 is 35.1 Å². The number of nitrogens with one attached hydrogen (secondary N) is 1. The second-order valence-corrected chi connectivity index (χ2v) is 6.15. The van der Waals surface area contributed by atoms with Gasteiger partial charge in [-0.1, -0.05) is 29.8 Å². The molecule has 7 heteroatoms. The zero-order valence-corrected chi connectivity index (χ0v) is 16.2. The number of carbonyl (C=O) groups is 3. The first-order chi connectivity index (χ1) is 13.5. The topological polar surface area (TPSA) is 75.7 Å². The number of esters is 1. The van der Waals surface area contributed by atoms with Crippen molar-refractivity contribution in [3.63, 3.8) is 0 Å². The third-order valence-electron chi connectivity index (χ3n) is 3.79. The molecule has 0 heterocycles. The molecule has 6 nitrogen and oxygen atoms in total. The lowest BCUT2D eigenvalue weighted by Gasteiger charge is -2.24. The Morgan fingerprint density at radius 3 is 2.46 bits per heavy atom. The number of hydrogen-bond donors (Lipinski definition) is 1. The number of halogens is 1. The summed E-state index contributed by atoms with van der Waals surface area (Å²) in [5.41, 5.74) is 1.09. The standard InChI is InChI=1S/C21H21ClN2O4/c1-3-13-24(21(27)15-9-11-16(22)12-10-15)18-8-6-5-7-17(18)20(26)23-14-19(25)28-4-2/h3,5-12H,1,4,13-14H2,2H3,(H,23,26). The highest BCUT2D eigenvalue weighted by molar-refractivity contribution is 6.30. The lowest BCUT2D eigenvalue weighted by atomic mass is 10.1. The fourth-order valence-electron chi connectivity index (χ4n) is 2.53. The third-order valence-corrected chi connectivity index (χ3v) is 4.04. The Morgan fingerprint density at radius 2 is 1.82 bits per heavy atom. The first-order valence-electron chi connectivity index (χ1n) is 8.69. The average Bonchev–Trinajstić information content (AvgIpc) is 2.70. The number of ether oxygens (including phenoxy) is 1. The summed E-state index contributed by atoms with van der Waals surface area (Å²) in [6.45, 7) is 5.55. The van der Waals surface area contributed by atoms with E-state index < -0.39 is 11.9 Å². The molecular weight excluding hydrogens is 380 g/mol. The second-order valence-electron chi connectivity index (χ2n) is 5.72. The minimum absolute atomic E-state index is 0.198. The van der Waals surface area contributed by atoms with Crippen molar-refractivity contribution in [2.45, 2.75) is 6.92 Å². The van der Waals surface area contributed by atoms with E-state index in [2.05, 4.69) is 11.9 Å². The molecule has 0 bridgehead atoms. The number of anilines is 1. The van der Waals surface area contributed by atoms with Gasteiger partial charge in [0.25, 0.3) is 11.8 Å². The average molecular weight is 401 g/mol. The molecule has 0 fully saturated rings. The SMILES string of the molecule is C=CCN(C(=O)c1ccc(Cl)cc1)c1ccccc1C(=O)NCC(=O)OCC. The molecule has 0 radical (unpaired) electrons. The summed E-state index contributed by atoms with van der Waals surface area (Å²) in [4.78, 5) is 38.5. The van der Waals surface area contributed by atoms with Crippen LogP contribution in [0.25, 0.3) is 0 Å². The first-order valence-corrected chi connectivity index (χ1v) is 9.06. The van der Waals surface area contributed by atoms with Gasteiger partial charge in [-0.3, -0.25) is 14.4 Å². The van der Waals surface area contributed by atoms with Crippen molar-refractivity contribution in [2.24, 2.45) is 0 Å². The lowest BCUT2D eigenvalue weighted by molar-refractivity contribution is -0.141. The van der Waals surface area contributed by atoms with Crippen LogP contribution in [-0.2, 0) is 9.53 Å². The molecule has 1 N–H and O–H groups in total. The molecule has 146 valence electrons. The maximum absolute atomic E-state index is 13.0. The Balaban J connectivity index is 2.31. The van der Waals surface area contributed by atoms with Gasteiger partial charge in [-0.05, 0) is 43.3 Å². The van der Waals surface area contributed by atoms with Crippen LogP contribution in [-0.4, -0.2) is 37.5 Å². The summed E-state index contributed by atoms with van der Waals surface area (Å²) in [6.07, 6.45) is 1.57. The van der Waals surface area contributed by atoms with Crippen LogP contribution in [0.1, 0.15) is 27.6 Å². The summed E-state index contributed by atoms with van der Waals surface area (Å²) in [6, 6.07) is 13.1. The zero-order valence-electron chi connectivity index (χ0n) is 15.5. The third kappa shape index (κ3) is 5.44. The van der Waals surface area contributed by atoms with Crippen molar-refractivity contribution in [1.29, 1.82) is 0 Å². The van der Waals surface area contributed by atoms with E-state index >= 15 is 0 Å². The van der Waals surface area contributed by atoms with E-state index in [0.29, 0.717) is 16.3 Å². The van der Waals surface area contributed by atoms with Gasteiger partial charge in [-0.2, -0.15) is 0 Å². The Bertz CT molecular complexity index is 865. The predicted molar refractivity (Wildman–Crippen MR) is 109 cm³/mol. The van der Waals surface area contributed by atoms with Crippen LogP contribution < -0.4 is 10.2 Å². The summed E-state index contributed by atoms with van der Waals surface area (Å²) in [5, 5.41) is 3.03. The van der Waals surface area contributed by atoms with Gasteiger partial charge in [-0.15, -0.1) is 6.58 Å². The lowest BCUT2D eigenvalue weighted by Crippen LogP contribution is -2.35. The summed E-state index contributed by atoms with van der Waals surface area (Å²) < 4.78 is 4.81. The fourth-order valence-corrected chi connectivity index (χ4v) is 2.65. The molecule has 0 spiro atoms. The van der Waals surface area contributed by atoms with E-state index in [1.54, 1.807) is 61.5 Å².